The molecule has 28 heavy (non-hydrogen) atoms. The van der Waals surface area contributed by atoms with Crippen LogP contribution in [0.2, 0.25) is 5.32 Å². The van der Waals surface area contributed by atoms with Crippen LogP contribution in [0.4, 0.5) is 0 Å². The number of aromatic hydroxyl groups is 1. The van der Waals surface area contributed by atoms with Crippen molar-refractivity contribution in [1.82, 2.24) is 0 Å². The molecule has 0 aliphatic rings. The fourth-order valence-electron chi connectivity index (χ4n) is 3.23. The van der Waals surface area contributed by atoms with E-state index < -0.39 is 0 Å². The molecule has 146 valence electrons. The van der Waals surface area contributed by atoms with Crippen LogP contribution in [0.15, 0.2) is 66.7 Å². The Labute approximate surface area is 172 Å². The summed E-state index contributed by atoms with van der Waals surface area (Å²) in [6.45, 7) is 0. The molecule has 3 rings (SSSR count). The molecule has 0 amide bonds. The van der Waals surface area contributed by atoms with Crippen molar-refractivity contribution >= 4 is 19.4 Å². The molecule has 4 nitrogen and oxygen atoms in total. The summed E-state index contributed by atoms with van der Waals surface area (Å²) < 4.78 is 17.9. The van der Waals surface area contributed by atoms with Crippen LogP contribution >= 0.6 is 0 Å². The molecule has 0 radical (unpaired) electrons. The maximum atomic E-state index is 10.9. The molecule has 5 heteroatoms. The van der Waals surface area contributed by atoms with Crippen LogP contribution < -0.4 is 18.7 Å². The predicted molar refractivity (Wildman–Crippen MR) is 113 cm³/mol. The Hall–Kier alpha value is -2.62. The van der Waals surface area contributed by atoms with E-state index in [2.05, 4.69) is 36.4 Å². The zero-order valence-corrected chi connectivity index (χ0v) is 17.9. The molecule has 3 aromatic carbocycles. The van der Waals surface area contributed by atoms with Crippen LogP contribution in [0, 0.1) is 0 Å². The van der Waals surface area contributed by atoms with Crippen molar-refractivity contribution < 1.29 is 19.3 Å². The molecular formula is C23H24O4Se. The first-order valence-corrected chi connectivity index (χ1v) is 11.0. The first kappa shape index (κ1) is 20.1. The number of methoxy groups -OCH3 is 3. The van der Waals surface area contributed by atoms with Crippen LogP contribution in [0.1, 0.15) is 17.0 Å². The van der Waals surface area contributed by atoms with Gasteiger partial charge in [0.2, 0.25) is 0 Å². The van der Waals surface area contributed by atoms with E-state index in [0.717, 1.165) is 16.4 Å². The second kappa shape index (κ2) is 9.54. The van der Waals surface area contributed by atoms with Gasteiger partial charge in [-0.2, -0.15) is 0 Å². The van der Waals surface area contributed by atoms with E-state index in [0.29, 0.717) is 17.2 Å². The molecule has 0 heterocycles. The molecule has 0 saturated heterocycles. The first-order chi connectivity index (χ1) is 13.7. The third kappa shape index (κ3) is 4.27. The molecular weight excluding hydrogens is 419 g/mol. The van der Waals surface area contributed by atoms with Crippen molar-refractivity contribution in [3.05, 3.63) is 77.9 Å². The zero-order chi connectivity index (χ0) is 19.9. The third-order valence-corrected chi connectivity index (χ3v) is 6.88. The Morgan fingerprint density at radius 1 is 0.821 bits per heavy atom. The maximum absolute atomic E-state index is 10.9. The van der Waals surface area contributed by atoms with Gasteiger partial charge in [-0.3, -0.25) is 0 Å². The average Bonchev–Trinajstić information content (AvgIpc) is 2.75. The van der Waals surface area contributed by atoms with Crippen LogP contribution in [0.3, 0.4) is 0 Å². The van der Waals surface area contributed by atoms with Gasteiger partial charge < -0.3 is 0 Å². The number of rotatable bonds is 8. The summed E-state index contributed by atoms with van der Waals surface area (Å²) >= 11 is 0.229. The van der Waals surface area contributed by atoms with Crippen molar-refractivity contribution in [3.8, 4) is 23.0 Å². The van der Waals surface area contributed by atoms with E-state index in [1.807, 2.05) is 24.3 Å². The molecule has 0 bridgehead atoms. The van der Waals surface area contributed by atoms with E-state index in [1.54, 1.807) is 27.4 Å². The third-order valence-electron chi connectivity index (χ3n) is 4.56. The fraction of sp³-hybridized carbons (Fsp3) is 0.217. The van der Waals surface area contributed by atoms with Gasteiger partial charge in [0.25, 0.3) is 0 Å². The number of ether oxygens (including phenoxy) is 3. The van der Waals surface area contributed by atoms with Gasteiger partial charge in [-0.05, 0) is 0 Å². The van der Waals surface area contributed by atoms with Gasteiger partial charge in [0, 0.05) is 0 Å². The Morgan fingerprint density at radius 3 is 2.00 bits per heavy atom. The molecule has 0 saturated carbocycles. The summed E-state index contributed by atoms with van der Waals surface area (Å²) in [6, 6.07) is 22.2. The van der Waals surface area contributed by atoms with E-state index in [1.165, 1.54) is 4.46 Å². The van der Waals surface area contributed by atoms with Crippen LogP contribution in [-0.4, -0.2) is 41.4 Å². The van der Waals surface area contributed by atoms with Gasteiger partial charge in [-0.1, -0.05) is 0 Å². The summed E-state index contributed by atoms with van der Waals surface area (Å²) in [4.78, 5) is 0. The van der Waals surface area contributed by atoms with Crippen LogP contribution in [0.25, 0.3) is 0 Å². The van der Waals surface area contributed by atoms with Crippen LogP contribution in [-0.2, 0) is 0 Å². The standard InChI is InChI=1S/C23H24O4Se/c1-25-20-14-19(24)21(23(27-3)22(20)26-2)18(16-10-6-4-7-11-16)15-28-17-12-8-5-9-13-17/h4-14,18,24H,15H2,1-3H3. The molecule has 1 N–H and O–H groups in total. The fourth-order valence-corrected chi connectivity index (χ4v) is 5.47. The second-order valence-corrected chi connectivity index (χ2v) is 8.46. The quantitative estimate of drug-likeness (QED) is 0.535. The summed E-state index contributed by atoms with van der Waals surface area (Å²) in [5, 5.41) is 11.8. The number of hydrogen-bond donors (Lipinski definition) is 1. The number of hydrogen-bond acceptors (Lipinski definition) is 4. The topological polar surface area (TPSA) is 47.9 Å². The molecule has 0 fully saturated rings. The van der Waals surface area contributed by atoms with E-state index in [4.69, 9.17) is 14.2 Å². The zero-order valence-electron chi connectivity index (χ0n) is 16.2. The van der Waals surface area contributed by atoms with E-state index in [-0.39, 0.29) is 26.6 Å². The summed E-state index contributed by atoms with van der Waals surface area (Å²) in [6.07, 6.45) is 0. The Kier molecular flexibility index (Phi) is 6.85. The van der Waals surface area contributed by atoms with Gasteiger partial charge >= 0.3 is 172 Å². The Morgan fingerprint density at radius 2 is 1.43 bits per heavy atom. The number of phenolic OH excluding ortho intramolecular Hbond substituents is 1. The van der Waals surface area contributed by atoms with Gasteiger partial charge in [-0.25, -0.2) is 0 Å². The van der Waals surface area contributed by atoms with Crippen LogP contribution in [0.5, 0.6) is 23.0 Å². The van der Waals surface area contributed by atoms with Crippen molar-refractivity contribution in [2.24, 2.45) is 0 Å². The number of benzene rings is 3. The Bertz CT molecular complexity index is 897. The second-order valence-electron chi connectivity index (χ2n) is 6.17. The SMILES string of the molecule is COc1cc(O)c(C(C[Se]c2ccccc2)c2ccccc2)c(OC)c1OC. The molecule has 3 aromatic rings. The molecule has 0 spiro atoms. The first-order valence-electron chi connectivity index (χ1n) is 8.94. The molecule has 0 aromatic heterocycles. The minimum absolute atomic E-state index is 0.0313. The van der Waals surface area contributed by atoms with Crippen molar-refractivity contribution in [2.75, 3.05) is 21.3 Å². The Balaban J connectivity index is 2.09. The predicted octanol–water partition coefficient (Wildman–Crippen LogP) is 4.00. The average molecular weight is 443 g/mol. The van der Waals surface area contributed by atoms with E-state index >= 15 is 0 Å². The van der Waals surface area contributed by atoms with E-state index in [9.17, 15) is 5.11 Å². The normalized spacial score (nSPS) is 11.7. The summed E-state index contributed by atoms with van der Waals surface area (Å²) in [5.41, 5.74) is 1.85. The van der Waals surface area contributed by atoms with Crippen molar-refractivity contribution in [2.45, 2.75) is 11.2 Å². The minimum atomic E-state index is -0.0313. The van der Waals surface area contributed by atoms with Gasteiger partial charge in [-0.15, -0.1) is 0 Å². The van der Waals surface area contributed by atoms with Crippen molar-refractivity contribution in [1.29, 1.82) is 0 Å². The van der Waals surface area contributed by atoms with Gasteiger partial charge in [0.15, 0.2) is 0 Å². The van der Waals surface area contributed by atoms with Gasteiger partial charge in [0.05, 0.1) is 0 Å². The molecule has 0 aliphatic heterocycles. The van der Waals surface area contributed by atoms with Crippen molar-refractivity contribution in [3.63, 3.8) is 0 Å². The number of phenols is 1. The van der Waals surface area contributed by atoms with Gasteiger partial charge in [0.1, 0.15) is 0 Å². The molecule has 1 unspecified atom stereocenters. The summed E-state index contributed by atoms with van der Waals surface area (Å²) in [7, 11) is 4.71. The summed E-state index contributed by atoms with van der Waals surface area (Å²) in [5.74, 6) is 1.56. The monoisotopic (exact) mass is 444 g/mol. The molecule has 0 aliphatic carbocycles. The molecule has 1 atom stereocenters.